The Morgan fingerprint density at radius 1 is 1.26 bits per heavy atom. The van der Waals surface area contributed by atoms with Crippen LogP contribution in [0.25, 0.3) is 0 Å². The fraction of sp³-hybridized carbons (Fsp3) is 0.581. The number of aryl methyl sites for hydroxylation is 1. The van der Waals surface area contributed by atoms with Gasteiger partial charge in [0.05, 0.1) is 24.5 Å². The molecular formula is C31H47N3O5. The Hall–Kier alpha value is -2.49. The Kier molecular flexibility index (Phi) is 12.7. The second kappa shape index (κ2) is 15.9. The molecule has 0 fully saturated rings. The van der Waals surface area contributed by atoms with Crippen LogP contribution in [0.15, 0.2) is 46.5 Å². The number of benzene rings is 1. The van der Waals surface area contributed by atoms with Gasteiger partial charge < -0.3 is 35.4 Å². The van der Waals surface area contributed by atoms with Crippen LogP contribution in [0.4, 0.5) is 0 Å². The lowest BCUT2D eigenvalue weighted by Crippen LogP contribution is -2.45. The number of aromatic hydroxyl groups is 1. The molecule has 2 heterocycles. The zero-order chi connectivity index (χ0) is 28.2. The third-order valence-electron chi connectivity index (χ3n) is 7.30. The summed E-state index contributed by atoms with van der Waals surface area (Å²) in [4.78, 5) is 4.58. The normalized spacial score (nSPS) is 19.3. The Morgan fingerprint density at radius 2 is 2.08 bits per heavy atom. The number of nitrogens with one attached hydrogen (secondary N) is 2. The first-order valence-corrected chi connectivity index (χ1v) is 14.3. The topological polar surface area (TPSA) is 116 Å². The van der Waals surface area contributed by atoms with Crippen molar-refractivity contribution < 1.29 is 24.8 Å². The van der Waals surface area contributed by atoms with Crippen molar-refractivity contribution in [2.45, 2.75) is 77.5 Å². The number of hydrogen-bond acceptors (Lipinski definition) is 8. The molecular weight excluding hydrogens is 494 g/mol. The van der Waals surface area contributed by atoms with Crippen LogP contribution in [0.1, 0.15) is 58.4 Å². The molecule has 0 spiro atoms. The highest BCUT2D eigenvalue weighted by Crippen LogP contribution is 2.33. The molecule has 0 saturated carbocycles. The van der Waals surface area contributed by atoms with Crippen molar-refractivity contribution >= 4 is 6.21 Å². The molecule has 39 heavy (non-hydrogen) atoms. The maximum absolute atomic E-state index is 10.3. The van der Waals surface area contributed by atoms with Gasteiger partial charge in [0, 0.05) is 31.8 Å². The van der Waals surface area contributed by atoms with Gasteiger partial charge in [-0.25, -0.2) is 0 Å². The summed E-state index contributed by atoms with van der Waals surface area (Å²) in [6.07, 6.45) is 11.7. The SMILES string of the molecule is CCCCC1O[C-](CCc2ccc(O)c(OCC[C+]3C=C([C@H](C)[C@H](CNC)NC[C@H](C)O)C=N3)c2)C=C1CO. The largest absolute Gasteiger partial charge is 0.504 e. The van der Waals surface area contributed by atoms with Gasteiger partial charge in [-0.2, -0.15) is 11.6 Å². The highest BCUT2D eigenvalue weighted by molar-refractivity contribution is 5.83. The average Bonchev–Trinajstić information content (AvgIpc) is 3.56. The quantitative estimate of drug-likeness (QED) is 0.179. The molecule has 0 radical (unpaired) electrons. The predicted octanol–water partition coefficient (Wildman–Crippen LogP) is 3.87. The van der Waals surface area contributed by atoms with Gasteiger partial charge in [0.1, 0.15) is 12.2 Å². The monoisotopic (exact) mass is 541 g/mol. The lowest BCUT2D eigenvalue weighted by atomic mass is 9.92. The lowest BCUT2D eigenvalue weighted by molar-refractivity contribution is 0.103. The molecule has 0 amide bonds. The van der Waals surface area contributed by atoms with Gasteiger partial charge >= 0.3 is 0 Å². The maximum Gasteiger partial charge on any atom is 0.176 e. The van der Waals surface area contributed by atoms with Crippen molar-refractivity contribution in [1.29, 1.82) is 0 Å². The smallest absolute Gasteiger partial charge is 0.176 e. The molecule has 8 nitrogen and oxygen atoms in total. The van der Waals surface area contributed by atoms with Crippen molar-refractivity contribution in [3.63, 3.8) is 0 Å². The number of unbranched alkanes of at least 4 members (excludes halogenated alkanes) is 1. The summed E-state index contributed by atoms with van der Waals surface area (Å²) in [7, 11) is 1.93. The number of rotatable bonds is 18. The lowest BCUT2D eigenvalue weighted by Gasteiger charge is -2.24. The maximum atomic E-state index is 10.3. The van der Waals surface area contributed by atoms with E-state index < -0.39 is 6.10 Å². The number of aliphatic hydroxyl groups is 2. The number of aliphatic imine (C=N–C) groups is 1. The van der Waals surface area contributed by atoms with E-state index in [4.69, 9.17) is 9.47 Å². The minimum absolute atomic E-state index is 0.00772. The fourth-order valence-electron chi connectivity index (χ4n) is 4.88. The molecule has 0 aliphatic carbocycles. The molecule has 8 heteroatoms. The number of phenolic OH excluding ortho intramolecular Hbond substituents is 1. The molecule has 3 rings (SSSR count). The summed E-state index contributed by atoms with van der Waals surface area (Å²) >= 11 is 0. The van der Waals surface area contributed by atoms with Crippen LogP contribution in [-0.2, 0) is 11.2 Å². The van der Waals surface area contributed by atoms with Crippen LogP contribution in [0.2, 0.25) is 0 Å². The number of aliphatic hydroxyl groups excluding tert-OH is 2. The number of ether oxygens (including phenoxy) is 2. The fourth-order valence-corrected chi connectivity index (χ4v) is 4.88. The van der Waals surface area contributed by atoms with Crippen molar-refractivity contribution in [2.24, 2.45) is 10.9 Å². The third kappa shape index (κ3) is 9.58. The summed E-state index contributed by atoms with van der Waals surface area (Å²) in [5.41, 5.74) is 3.16. The van der Waals surface area contributed by atoms with Crippen LogP contribution in [0, 0.1) is 18.1 Å². The van der Waals surface area contributed by atoms with Crippen molar-refractivity contribution in [3.05, 3.63) is 59.2 Å². The van der Waals surface area contributed by atoms with Crippen LogP contribution >= 0.6 is 0 Å². The highest BCUT2D eigenvalue weighted by Gasteiger charge is 2.30. The minimum Gasteiger partial charge on any atom is -0.504 e. The van der Waals surface area contributed by atoms with E-state index in [1.54, 1.807) is 13.0 Å². The molecule has 0 saturated heterocycles. The predicted molar refractivity (Wildman–Crippen MR) is 156 cm³/mol. The summed E-state index contributed by atoms with van der Waals surface area (Å²) < 4.78 is 12.0. The summed E-state index contributed by atoms with van der Waals surface area (Å²) in [6.45, 7) is 7.87. The minimum atomic E-state index is -0.398. The summed E-state index contributed by atoms with van der Waals surface area (Å²) in [5.74, 6) is 0.814. The van der Waals surface area contributed by atoms with Gasteiger partial charge in [-0.05, 0) is 51.4 Å². The molecule has 0 bridgehead atoms. The van der Waals surface area contributed by atoms with Gasteiger partial charge in [-0.1, -0.05) is 38.4 Å². The first-order chi connectivity index (χ1) is 18.8. The molecule has 1 aromatic rings. The standard InChI is InChI=1S/C31H47N3O5/c1-5-6-7-30-25(20-35)16-27(39-30)10-8-23-9-11-29(37)31(14-23)38-13-12-26-15-24(18-33-26)22(3)28(19-32-4)34-17-21(2)36/h9,11,14-16,18,21-22,28,30,32,34-37H,5-8,10,12-13,17,19-20H2,1-4H3/t21-,22-,28-,30?/m0/s1. The van der Waals surface area contributed by atoms with E-state index >= 15 is 0 Å². The molecule has 5 N–H and O–H groups in total. The average molecular weight is 542 g/mol. The van der Waals surface area contributed by atoms with Crippen LogP contribution < -0.4 is 15.4 Å². The number of likely N-dealkylation sites (N-methyl/N-ethyl adjacent to an activating group) is 1. The Bertz CT molecular complexity index is 977. The van der Waals surface area contributed by atoms with E-state index in [1.165, 1.54) is 0 Å². The van der Waals surface area contributed by atoms with Gasteiger partial charge in [0.25, 0.3) is 0 Å². The number of hydrogen-bond donors (Lipinski definition) is 5. The van der Waals surface area contributed by atoms with Crippen LogP contribution in [0.3, 0.4) is 0 Å². The molecule has 1 unspecified atom stereocenters. The van der Waals surface area contributed by atoms with E-state index in [2.05, 4.69) is 35.5 Å². The van der Waals surface area contributed by atoms with E-state index in [9.17, 15) is 15.3 Å². The second-order valence-electron chi connectivity index (χ2n) is 10.6. The van der Waals surface area contributed by atoms with E-state index in [0.29, 0.717) is 25.3 Å². The highest BCUT2D eigenvalue weighted by atomic mass is 16.5. The van der Waals surface area contributed by atoms with Crippen molar-refractivity contribution in [2.75, 3.05) is 33.4 Å². The Morgan fingerprint density at radius 3 is 2.79 bits per heavy atom. The van der Waals surface area contributed by atoms with Gasteiger partial charge in [0.15, 0.2) is 23.8 Å². The number of phenols is 1. The molecule has 0 aromatic heterocycles. The van der Waals surface area contributed by atoms with Gasteiger partial charge in [0.2, 0.25) is 0 Å². The van der Waals surface area contributed by atoms with Crippen molar-refractivity contribution in [1.82, 2.24) is 10.6 Å². The molecule has 1 aromatic carbocycles. The molecule has 4 atom stereocenters. The third-order valence-corrected chi connectivity index (χ3v) is 7.30. The molecule has 2 aliphatic heterocycles. The second-order valence-corrected chi connectivity index (χ2v) is 10.6. The van der Waals surface area contributed by atoms with Crippen LogP contribution in [-0.4, -0.2) is 73.1 Å². The van der Waals surface area contributed by atoms with Gasteiger partial charge in [-0.3, -0.25) is 0 Å². The van der Waals surface area contributed by atoms with E-state index in [0.717, 1.165) is 67.5 Å². The van der Waals surface area contributed by atoms with E-state index in [1.807, 2.05) is 31.5 Å². The summed E-state index contributed by atoms with van der Waals surface area (Å²) in [5, 5.41) is 36.3. The first kappa shape index (κ1) is 31.0. The molecule has 2 aliphatic rings. The van der Waals surface area contributed by atoms with E-state index in [-0.39, 0.29) is 30.4 Å². The Balaban J connectivity index is 1.48. The number of nitrogens with zero attached hydrogens (tertiary/aromatic N) is 1. The van der Waals surface area contributed by atoms with Crippen LogP contribution in [0.5, 0.6) is 11.5 Å². The van der Waals surface area contributed by atoms with Gasteiger partial charge in [-0.15, -0.1) is 4.99 Å². The zero-order valence-corrected chi connectivity index (χ0v) is 23.9. The molecule has 216 valence electrons. The van der Waals surface area contributed by atoms with Crippen molar-refractivity contribution in [3.8, 4) is 11.5 Å². The first-order valence-electron chi connectivity index (χ1n) is 14.3. The summed E-state index contributed by atoms with van der Waals surface area (Å²) in [6, 6.07) is 6.59. The zero-order valence-electron chi connectivity index (χ0n) is 23.9. The Labute approximate surface area is 234 Å².